The quantitative estimate of drug-likeness (QED) is 0.249. The van der Waals surface area contributed by atoms with Gasteiger partial charge in [-0.2, -0.15) is 0 Å². The first-order chi connectivity index (χ1) is 6.13. The van der Waals surface area contributed by atoms with E-state index in [4.69, 9.17) is 0 Å². The highest BCUT2D eigenvalue weighted by Crippen LogP contribution is 1.72. The molecule has 0 bridgehead atoms. The van der Waals surface area contributed by atoms with Gasteiger partial charge in [0, 0.05) is 20.0 Å². The van der Waals surface area contributed by atoms with E-state index >= 15 is 0 Å². The molecule has 0 aliphatic heterocycles. The highest BCUT2D eigenvalue weighted by molar-refractivity contribution is 5.72. The van der Waals surface area contributed by atoms with Crippen molar-refractivity contribution in [3.05, 3.63) is 10.1 Å². The predicted molar refractivity (Wildman–Crippen MR) is 43.4 cm³/mol. The minimum atomic E-state index is -0.879. The zero-order valence-electron chi connectivity index (χ0n) is 7.19. The number of rotatable bonds is 6. The second-order valence-corrected chi connectivity index (χ2v) is 2.11. The van der Waals surface area contributed by atoms with Gasteiger partial charge in [0.1, 0.15) is 0 Å². The Morgan fingerprint density at radius 1 is 1.54 bits per heavy atom. The van der Waals surface area contributed by atoms with Crippen LogP contribution in [0.4, 0.5) is 0 Å². The maximum atomic E-state index is 10.4. The van der Waals surface area contributed by atoms with Gasteiger partial charge in [0.15, 0.2) is 5.22 Å². The van der Waals surface area contributed by atoms with Crippen LogP contribution in [-0.2, 0) is 4.79 Å². The lowest BCUT2D eigenvalue weighted by Gasteiger charge is -1.98. The van der Waals surface area contributed by atoms with Gasteiger partial charge in [0.05, 0.1) is 10.1 Å². The number of nitrogens with one attached hydrogen (secondary N) is 2. The third-order valence-corrected chi connectivity index (χ3v) is 0.995. The maximum Gasteiger partial charge on any atom is 0.216 e. The van der Waals surface area contributed by atoms with Crippen LogP contribution in [-0.4, -0.2) is 30.7 Å². The van der Waals surface area contributed by atoms with Crippen molar-refractivity contribution in [3.63, 3.8) is 0 Å². The smallest absolute Gasteiger partial charge is 0.216 e. The van der Waals surface area contributed by atoms with Crippen molar-refractivity contribution >= 4 is 5.91 Å². The van der Waals surface area contributed by atoms with Crippen LogP contribution in [0.5, 0.6) is 0 Å². The number of hydrogen-bond acceptors (Lipinski definition) is 5. The molecule has 8 heteroatoms. The molecule has 0 aromatic rings. The highest BCUT2D eigenvalue weighted by atomic mass is 16.7. The van der Waals surface area contributed by atoms with Crippen LogP contribution >= 0.6 is 0 Å². The first kappa shape index (κ1) is 11.4. The molecule has 0 saturated carbocycles. The van der Waals surface area contributed by atoms with Gasteiger partial charge < -0.3 is 15.4 Å². The Labute approximate surface area is 74.5 Å². The molecule has 13 heavy (non-hydrogen) atoms. The topological polar surface area (TPSA) is 109 Å². The third kappa shape index (κ3) is 10.4. The maximum absolute atomic E-state index is 10.4. The standard InChI is InChI=1S/C5H11N5O3/c1-5(11)7-3-2-6-4-8-9-10(12)13/h6H,2-4H2,1H3,(H,7,11). The Morgan fingerprint density at radius 3 is 2.77 bits per heavy atom. The number of carbonyl (C=O) groups excluding carboxylic acids is 1. The van der Waals surface area contributed by atoms with Crippen LogP contribution in [0.15, 0.2) is 10.3 Å². The first-order valence-electron chi connectivity index (χ1n) is 3.60. The minimum Gasteiger partial charge on any atom is -0.355 e. The van der Waals surface area contributed by atoms with Gasteiger partial charge in [-0.3, -0.25) is 10.1 Å². The second-order valence-electron chi connectivity index (χ2n) is 2.11. The monoisotopic (exact) mass is 189 g/mol. The molecule has 0 spiro atoms. The average Bonchev–Trinajstić information content (AvgIpc) is 2.01. The number of amides is 1. The lowest BCUT2D eigenvalue weighted by Crippen LogP contribution is -2.30. The summed E-state index contributed by atoms with van der Waals surface area (Å²) in [4.78, 5) is 20.0. The molecule has 0 atom stereocenters. The van der Waals surface area contributed by atoms with Gasteiger partial charge in [-0.05, 0) is 0 Å². The molecular weight excluding hydrogens is 178 g/mol. The molecule has 0 aliphatic carbocycles. The Bertz CT molecular complexity index is 204. The van der Waals surface area contributed by atoms with Gasteiger partial charge in [-0.25, -0.2) is 0 Å². The van der Waals surface area contributed by atoms with Crippen LogP contribution in [0.2, 0.25) is 0 Å². The van der Waals surface area contributed by atoms with Gasteiger partial charge >= 0.3 is 0 Å². The zero-order valence-corrected chi connectivity index (χ0v) is 7.19. The number of nitrogens with zero attached hydrogens (tertiary/aromatic N) is 3. The van der Waals surface area contributed by atoms with Gasteiger partial charge in [0.2, 0.25) is 12.6 Å². The normalized spacial score (nSPS) is 10.2. The van der Waals surface area contributed by atoms with Crippen molar-refractivity contribution in [2.75, 3.05) is 19.8 Å². The van der Waals surface area contributed by atoms with Crippen molar-refractivity contribution in [2.45, 2.75) is 6.92 Å². The van der Waals surface area contributed by atoms with Gasteiger partial charge in [-0.15, -0.1) is 0 Å². The SMILES string of the molecule is CC(=O)NCCNCN=N[N+](=O)[O-]. The van der Waals surface area contributed by atoms with E-state index in [1.165, 1.54) is 6.92 Å². The van der Waals surface area contributed by atoms with Crippen molar-refractivity contribution < 1.29 is 9.83 Å². The largest absolute Gasteiger partial charge is 0.355 e. The summed E-state index contributed by atoms with van der Waals surface area (Å²) in [5, 5.41) is 19.9. The summed E-state index contributed by atoms with van der Waals surface area (Å²) in [5.41, 5.74) is 0. The molecule has 0 heterocycles. The van der Waals surface area contributed by atoms with Crippen LogP contribution in [0.1, 0.15) is 6.92 Å². The molecule has 0 aromatic carbocycles. The van der Waals surface area contributed by atoms with Crippen molar-refractivity contribution in [1.29, 1.82) is 0 Å². The molecule has 0 unspecified atom stereocenters. The fourth-order valence-electron chi connectivity index (χ4n) is 0.539. The molecule has 0 radical (unpaired) electrons. The zero-order chi connectivity index (χ0) is 10.1. The highest BCUT2D eigenvalue weighted by Gasteiger charge is 1.91. The van der Waals surface area contributed by atoms with E-state index in [0.717, 1.165) is 0 Å². The molecular formula is C5H11N5O3. The van der Waals surface area contributed by atoms with E-state index in [-0.39, 0.29) is 12.6 Å². The Morgan fingerprint density at radius 2 is 2.23 bits per heavy atom. The summed E-state index contributed by atoms with van der Waals surface area (Å²) in [6.45, 7) is 2.44. The van der Waals surface area contributed by atoms with Crippen LogP contribution < -0.4 is 10.6 Å². The molecule has 1 amide bonds. The van der Waals surface area contributed by atoms with Gasteiger partial charge in [0.25, 0.3) is 0 Å². The summed E-state index contributed by atoms with van der Waals surface area (Å²) in [6.07, 6.45) is 0. The number of hydrogen-bond donors (Lipinski definition) is 2. The van der Waals surface area contributed by atoms with E-state index in [1.807, 2.05) is 0 Å². The third-order valence-electron chi connectivity index (χ3n) is 0.995. The second kappa shape index (κ2) is 7.10. The fourth-order valence-corrected chi connectivity index (χ4v) is 0.539. The van der Waals surface area contributed by atoms with E-state index in [0.29, 0.717) is 13.1 Å². The van der Waals surface area contributed by atoms with Gasteiger partial charge in [-0.1, -0.05) is 0 Å². The fraction of sp³-hybridized carbons (Fsp3) is 0.800. The van der Waals surface area contributed by atoms with Crippen LogP contribution in [0.25, 0.3) is 0 Å². The van der Waals surface area contributed by atoms with E-state index in [9.17, 15) is 14.9 Å². The lowest BCUT2D eigenvalue weighted by atomic mass is 10.6. The summed E-state index contributed by atoms with van der Waals surface area (Å²) < 4.78 is 0. The molecule has 74 valence electrons. The molecule has 0 aromatic heterocycles. The van der Waals surface area contributed by atoms with Crippen molar-refractivity contribution in [1.82, 2.24) is 10.6 Å². The molecule has 0 aliphatic rings. The van der Waals surface area contributed by atoms with E-state index < -0.39 is 5.03 Å². The first-order valence-corrected chi connectivity index (χ1v) is 3.60. The van der Waals surface area contributed by atoms with Crippen molar-refractivity contribution in [3.8, 4) is 0 Å². The minimum absolute atomic E-state index is 0.0700. The summed E-state index contributed by atoms with van der Waals surface area (Å²) in [6, 6.07) is 0. The van der Waals surface area contributed by atoms with E-state index in [2.05, 4.69) is 21.0 Å². The Balaban J connectivity index is 3.17. The van der Waals surface area contributed by atoms with Crippen LogP contribution in [0.3, 0.4) is 0 Å². The van der Waals surface area contributed by atoms with E-state index in [1.54, 1.807) is 0 Å². The lowest BCUT2D eigenvalue weighted by molar-refractivity contribution is -0.494. The summed E-state index contributed by atoms with van der Waals surface area (Å²) in [7, 11) is 0. The predicted octanol–water partition coefficient (Wildman–Crippen LogP) is -0.686. The Hall–Kier alpha value is -1.57. The molecule has 0 rings (SSSR count). The molecule has 8 nitrogen and oxygen atoms in total. The molecule has 0 saturated heterocycles. The average molecular weight is 189 g/mol. The Kier molecular flexibility index (Phi) is 6.24. The number of nitro groups is 1. The van der Waals surface area contributed by atoms with Crippen LogP contribution in [0, 0.1) is 10.1 Å². The summed E-state index contributed by atoms with van der Waals surface area (Å²) in [5.74, 6) is -0.117. The molecule has 0 fully saturated rings. The summed E-state index contributed by atoms with van der Waals surface area (Å²) >= 11 is 0. The number of carbonyl (C=O) groups is 1. The van der Waals surface area contributed by atoms with Crippen molar-refractivity contribution in [2.24, 2.45) is 10.3 Å². The molecule has 2 N–H and O–H groups in total.